The van der Waals surface area contributed by atoms with Gasteiger partial charge in [-0.1, -0.05) is 33.2 Å². The van der Waals surface area contributed by atoms with Gasteiger partial charge in [-0.2, -0.15) is 4.98 Å². The summed E-state index contributed by atoms with van der Waals surface area (Å²) < 4.78 is 6.21. The van der Waals surface area contributed by atoms with Gasteiger partial charge in [0.2, 0.25) is 17.6 Å². The number of aromatic nitrogens is 2. The van der Waals surface area contributed by atoms with E-state index in [4.69, 9.17) is 4.52 Å². The Morgan fingerprint density at radius 3 is 3.05 bits per heavy atom. The van der Waals surface area contributed by atoms with Gasteiger partial charge in [-0.3, -0.25) is 4.79 Å². The maximum atomic E-state index is 11.6. The van der Waals surface area contributed by atoms with E-state index in [0.717, 1.165) is 10.0 Å². The molecule has 1 saturated heterocycles. The normalized spacial score (nSPS) is 21.8. The van der Waals surface area contributed by atoms with Gasteiger partial charge in [-0.15, -0.1) is 0 Å². The summed E-state index contributed by atoms with van der Waals surface area (Å²) in [4.78, 5) is 17.5. The minimum atomic E-state index is -0.555. The molecule has 2 aromatic rings. The molecule has 6 nitrogen and oxygen atoms in total. The van der Waals surface area contributed by atoms with Crippen molar-refractivity contribution < 1.29 is 14.4 Å². The van der Waals surface area contributed by atoms with Gasteiger partial charge in [0.05, 0.1) is 6.10 Å². The number of aliphatic hydroxyl groups excluding tert-OH is 1. The Morgan fingerprint density at radius 2 is 2.33 bits per heavy atom. The summed E-state index contributed by atoms with van der Waals surface area (Å²) in [6.45, 7) is 1.77. The van der Waals surface area contributed by atoms with Crippen molar-refractivity contribution in [1.82, 2.24) is 15.0 Å². The summed E-state index contributed by atoms with van der Waals surface area (Å²) in [6.07, 6.45) is -0.139. The van der Waals surface area contributed by atoms with Crippen LogP contribution in [0.1, 0.15) is 25.3 Å². The van der Waals surface area contributed by atoms with E-state index in [-0.39, 0.29) is 11.9 Å². The highest BCUT2D eigenvalue weighted by Gasteiger charge is 2.37. The Labute approximate surface area is 129 Å². The molecule has 1 fully saturated rings. The van der Waals surface area contributed by atoms with Gasteiger partial charge in [0.25, 0.3) is 0 Å². The summed E-state index contributed by atoms with van der Waals surface area (Å²) >= 11 is 3.40. The highest BCUT2D eigenvalue weighted by Crippen LogP contribution is 2.32. The van der Waals surface area contributed by atoms with E-state index in [0.29, 0.717) is 24.7 Å². The topological polar surface area (TPSA) is 79.5 Å². The molecular weight excluding hydrogens is 338 g/mol. The van der Waals surface area contributed by atoms with E-state index in [9.17, 15) is 9.90 Å². The number of carbonyl (C=O) groups excluding carboxylic acids is 1. The third-order valence-electron chi connectivity index (χ3n) is 3.49. The van der Waals surface area contributed by atoms with Gasteiger partial charge >= 0.3 is 0 Å². The summed E-state index contributed by atoms with van der Waals surface area (Å²) in [5, 5.41) is 13.7. The van der Waals surface area contributed by atoms with Crippen LogP contribution in [0.25, 0.3) is 11.4 Å². The fraction of sp³-hybridized carbons (Fsp3) is 0.357. The molecule has 1 aromatic heterocycles. The molecule has 3 rings (SSSR count). The van der Waals surface area contributed by atoms with Gasteiger partial charge < -0.3 is 14.5 Å². The molecule has 0 radical (unpaired) electrons. The van der Waals surface area contributed by atoms with Crippen LogP contribution >= 0.6 is 15.9 Å². The number of carbonyl (C=O) groups is 1. The maximum absolute atomic E-state index is 11.6. The van der Waals surface area contributed by atoms with Gasteiger partial charge in [-0.05, 0) is 12.1 Å². The number of likely N-dealkylation sites (tertiary alicyclic amines) is 1. The molecule has 0 spiro atoms. The van der Waals surface area contributed by atoms with Crippen LogP contribution in [0.2, 0.25) is 0 Å². The quantitative estimate of drug-likeness (QED) is 0.896. The van der Waals surface area contributed by atoms with Crippen molar-refractivity contribution in [1.29, 1.82) is 0 Å². The fourth-order valence-electron chi connectivity index (χ4n) is 2.51. The molecule has 2 atom stereocenters. The number of aliphatic hydroxyl groups is 1. The minimum Gasteiger partial charge on any atom is -0.391 e. The Bertz CT molecular complexity index is 673. The highest BCUT2D eigenvalue weighted by molar-refractivity contribution is 9.10. The molecule has 1 aliphatic rings. The van der Waals surface area contributed by atoms with Gasteiger partial charge in [-0.25, -0.2) is 0 Å². The number of halogens is 1. The first-order chi connectivity index (χ1) is 10.0. The molecule has 0 aliphatic carbocycles. The zero-order valence-corrected chi connectivity index (χ0v) is 12.9. The smallest absolute Gasteiger partial charge is 0.249 e. The van der Waals surface area contributed by atoms with Crippen molar-refractivity contribution in [2.24, 2.45) is 0 Å². The van der Waals surface area contributed by atoms with Crippen LogP contribution in [0.4, 0.5) is 0 Å². The average Bonchev–Trinajstić information content (AvgIpc) is 3.04. The predicted molar refractivity (Wildman–Crippen MR) is 78.2 cm³/mol. The van der Waals surface area contributed by atoms with Gasteiger partial charge in [0.15, 0.2) is 0 Å². The molecule has 2 heterocycles. The van der Waals surface area contributed by atoms with E-state index >= 15 is 0 Å². The van der Waals surface area contributed by atoms with Crippen LogP contribution in [0.15, 0.2) is 33.3 Å². The minimum absolute atomic E-state index is 0.112. The summed E-state index contributed by atoms with van der Waals surface area (Å²) in [5.74, 6) is 0.715. The Morgan fingerprint density at radius 1 is 1.52 bits per heavy atom. The zero-order chi connectivity index (χ0) is 15.0. The Balaban J connectivity index is 1.89. The lowest BCUT2D eigenvalue weighted by atomic mass is 10.2. The lowest BCUT2D eigenvalue weighted by molar-refractivity contribution is -0.130. The SMILES string of the molecule is CC(=O)N1C[C@H](O)C[C@@H]1c1nc(-c2cccc(Br)c2)no1. The molecule has 0 bridgehead atoms. The molecule has 0 saturated carbocycles. The highest BCUT2D eigenvalue weighted by atomic mass is 79.9. The maximum Gasteiger partial charge on any atom is 0.249 e. The monoisotopic (exact) mass is 351 g/mol. The van der Waals surface area contributed by atoms with Crippen molar-refractivity contribution in [3.05, 3.63) is 34.6 Å². The molecule has 110 valence electrons. The summed E-state index contributed by atoms with van der Waals surface area (Å²) in [5.41, 5.74) is 0.826. The number of rotatable bonds is 2. The van der Waals surface area contributed by atoms with Gasteiger partial charge in [0, 0.05) is 29.9 Å². The number of amides is 1. The zero-order valence-electron chi connectivity index (χ0n) is 11.4. The lowest BCUT2D eigenvalue weighted by Crippen LogP contribution is -2.29. The second kappa shape index (κ2) is 5.57. The standard InChI is InChI=1S/C14H14BrN3O3/c1-8(19)18-7-11(20)6-12(18)14-16-13(17-21-14)9-3-2-4-10(15)5-9/h2-5,11-12,20H,6-7H2,1H3/t11-,12-/m1/s1. The van der Waals surface area contributed by atoms with Crippen LogP contribution in [0.3, 0.4) is 0 Å². The van der Waals surface area contributed by atoms with Crippen LogP contribution in [-0.2, 0) is 4.79 Å². The van der Waals surface area contributed by atoms with Crippen molar-refractivity contribution in [2.75, 3.05) is 6.54 Å². The van der Waals surface area contributed by atoms with Crippen molar-refractivity contribution >= 4 is 21.8 Å². The molecule has 0 unspecified atom stereocenters. The molecule has 1 N–H and O–H groups in total. The van der Waals surface area contributed by atoms with Crippen LogP contribution in [0, 0.1) is 0 Å². The Hall–Kier alpha value is -1.73. The number of benzene rings is 1. The number of hydrogen-bond donors (Lipinski definition) is 1. The largest absolute Gasteiger partial charge is 0.391 e. The fourth-order valence-corrected chi connectivity index (χ4v) is 2.91. The first-order valence-corrected chi connectivity index (χ1v) is 7.38. The summed E-state index contributed by atoms with van der Waals surface area (Å²) in [6, 6.07) is 7.21. The van der Waals surface area contributed by atoms with Crippen LogP contribution < -0.4 is 0 Å². The molecule has 1 aliphatic heterocycles. The summed E-state index contributed by atoms with van der Waals surface area (Å²) in [7, 11) is 0. The molecule has 1 aromatic carbocycles. The molecule has 1 amide bonds. The second-order valence-corrected chi connectivity index (χ2v) is 5.96. The molecule has 7 heteroatoms. The van der Waals surface area contributed by atoms with E-state index in [1.54, 1.807) is 4.90 Å². The molecular formula is C14H14BrN3O3. The van der Waals surface area contributed by atoms with E-state index in [1.165, 1.54) is 6.92 Å². The van der Waals surface area contributed by atoms with E-state index in [2.05, 4.69) is 26.1 Å². The number of β-amino-alcohol motifs (C(OH)–C–C–N with tert-alkyl or cyclic N) is 1. The lowest BCUT2D eigenvalue weighted by Gasteiger charge is -2.19. The third kappa shape index (κ3) is 2.84. The van der Waals surface area contributed by atoms with E-state index < -0.39 is 6.10 Å². The van der Waals surface area contributed by atoms with Gasteiger partial charge in [0.1, 0.15) is 6.04 Å². The van der Waals surface area contributed by atoms with Crippen LogP contribution in [-0.4, -0.2) is 38.7 Å². The van der Waals surface area contributed by atoms with Crippen LogP contribution in [0.5, 0.6) is 0 Å². The Kier molecular flexibility index (Phi) is 3.77. The first kappa shape index (κ1) is 14.2. The first-order valence-electron chi connectivity index (χ1n) is 6.59. The number of nitrogens with zero attached hydrogens (tertiary/aromatic N) is 3. The average molecular weight is 352 g/mol. The number of hydrogen-bond acceptors (Lipinski definition) is 5. The van der Waals surface area contributed by atoms with Crippen molar-refractivity contribution in [3.63, 3.8) is 0 Å². The van der Waals surface area contributed by atoms with Crippen molar-refractivity contribution in [2.45, 2.75) is 25.5 Å². The van der Waals surface area contributed by atoms with E-state index in [1.807, 2.05) is 24.3 Å². The predicted octanol–water partition coefficient (Wildman–Crippen LogP) is 2.15. The second-order valence-electron chi connectivity index (χ2n) is 5.04. The molecule has 21 heavy (non-hydrogen) atoms. The van der Waals surface area contributed by atoms with Crippen molar-refractivity contribution in [3.8, 4) is 11.4 Å². The third-order valence-corrected chi connectivity index (χ3v) is 3.99.